The van der Waals surface area contributed by atoms with E-state index >= 15 is 0 Å². The second kappa shape index (κ2) is 6.13. The van der Waals surface area contributed by atoms with Crippen molar-refractivity contribution in [2.75, 3.05) is 13.2 Å². The van der Waals surface area contributed by atoms with Gasteiger partial charge in [0.25, 0.3) is 0 Å². The highest BCUT2D eigenvalue weighted by molar-refractivity contribution is 7.11. The number of rotatable bonds is 6. The van der Waals surface area contributed by atoms with E-state index in [2.05, 4.69) is 44.9 Å². The first-order valence-electron chi connectivity index (χ1n) is 6.51. The summed E-state index contributed by atoms with van der Waals surface area (Å²) >= 11 is 1.78. The SMILES string of the molecule is CC(C)(CCO)CNCc1cnc(C(C)(C)C)s1. The Hall–Kier alpha value is -0.450. The van der Waals surface area contributed by atoms with Gasteiger partial charge in [-0.2, -0.15) is 0 Å². The number of nitrogens with zero attached hydrogens (tertiary/aromatic N) is 1. The summed E-state index contributed by atoms with van der Waals surface area (Å²) in [6.45, 7) is 12.9. The van der Waals surface area contributed by atoms with Crippen molar-refractivity contribution >= 4 is 11.3 Å². The van der Waals surface area contributed by atoms with Crippen LogP contribution in [0.1, 0.15) is 50.9 Å². The van der Waals surface area contributed by atoms with Crippen molar-refractivity contribution in [3.8, 4) is 0 Å². The summed E-state index contributed by atoms with van der Waals surface area (Å²) in [5.74, 6) is 0. The van der Waals surface area contributed by atoms with E-state index in [1.54, 1.807) is 11.3 Å². The molecule has 0 aromatic carbocycles. The Balaban J connectivity index is 2.43. The second-order valence-corrected chi connectivity index (χ2v) is 7.74. The Kier molecular flexibility index (Phi) is 5.32. The number of aromatic nitrogens is 1. The van der Waals surface area contributed by atoms with E-state index in [0.29, 0.717) is 0 Å². The summed E-state index contributed by atoms with van der Waals surface area (Å²) in [5, 5.41) is 13.6. The Morgan fingerprint density at radius 3 is 2.44 bits per heavy atom. The standard InChI is InChI=1S/C14H26N2OS/c1-13(2,3)12-16-9-11(18-12)8-15-10-14(4,5)6-7-17/h9,15,17H,6-8,10H2,1-5H3. The van der Waals surface area contributed by atoms with Crippen LogP contribution in [-0.2, 0) is 12.0 Å². The van der Waals surface area contributed by atoms with Gasteiger partial charge in [0.15, 0.2) is 0 Å². The molecule has 1 heterocycles. The third-order valence-electron chi connectivity index (χ3n) is 2.89. The molecule has 104 valence electrons. The molecule has 0 saturated carbocycles. The maximum atomic E-state index is 8.98. The van der Waals surface area contributed by atoms with E-state index < -0.39 is 0 Å². The van der Waals surface area contributed by atoms with Crippen molar-refractivity contribution in [1.29, 1.82) is 0 Å². The summed E-state index contributed by atoms with van der Waals surface area (Å²) in [5.41, 5.74) is 0.283. The summed E-state index contributed by atoms with van der Waals surface area (Å²) in [7, 11) is 0. The second-order valence-electron chi connectivity index (χ2n) is 6.62. The molecular formula is C14H26N2OS. The van der Waals surface area contributed by atoms with Crippen molar-refractivity contribution in [1.82, 2.24) is 10.3 Å². The van der Waals surface area contributed by atoms with Crippen LogP contribution in [0.2, 0.25) is 0 Å². The maximum absolute atomic E-state index is 8.98. The number of hydrogen-bond donors (Lipinski definition) is 2. The molecule has 1 aromatic heterocycles. The van der Waals surface area contributed by atoms with Crippen LogP contribution in [0.4, 0.5) is 0 Å². The molecule has 4 heteroatoms. The average Bonchev–Trinajstić information content (AvgIpc) is 2.65. The van der Waals surface area contributed by atoms with Crippen LogP contribution in [0.15, 0.2) is 6.20 Å². The Labute approximate surface area is 115 Å². The highest BCUT2D eigenvalue weighted by atomic mass is 32.1. The van der Waals surface area contributed by atoms with Crippen LogP contribution in [-0.4, -0.2) is 23.2 Å². The topological polar surface area (TPSA) is 45.1 Å². The molecule has 0 saturated heterocycles. The minimum Gasteiger partial charge on any atom is -0.396 e. The molecular weight excluding hydrogens is 244 g/mol. The van der Waals surface area contributed by atoms with E-state index in [4.69, 9.17) is 5.11 Å². The quantitative estimate of drug-likeness (QED) is 0.835. The number of nitrogens with one attached hydrogen (secondary N) is 1. The Morgan fingerprint density at radius 1 is 1.28 bits per heavy atom. The molecule has 0 spiro atoms. The molecule has 2 N–H and O–H groups in total. The number of aliphatic hydroxyl groups excluding tert-OH is 1. The van der Waals surface area contributed by atoms with Gasteiger partial charge in [-0.25, -0.2) is 4.98 Å². The van der Waals surface area contributed by atoms with Gasteiger partial charge in [0, 0.05) is 36.2 Å². The molecule has 0 aliphatic heterocycles. The van der Waals surface area contributed by atoms with Crippen molar-refractivity contribution < 1.29 is 5.11 Å². The fraction of sp³-hybridized carbons (Fsp3) is 0.786. The van der Waals surface area contributed by atoms with Crippen LogP contribution < -0.4 is 5.32 Å². The van der Waals surface area contributed by atoms with Crippen LogP contribution in [0.3, 0.4) is 0 Å². The zero-order valence-corrected chi connectivity index (χ0v) is 13.0. The lowest BCUT2D eigenvalue weighted by atomic mass is 9.90. The van der Waals surface area contributed by atoms with Gasteiger partial charge in [-0.1, -0.05) is 34.6 Å². The molecule has 18 heavy (non-hydrogen) atoms. The fourth-order valence-corrected chi connectivity index (χ4v) is 2.59. The lowest BCUT2D eigenvalue weighted by molar-refractivity contribution is 0.207. The van der Waals surface area contributed by atoms with Gasteiger partial charge in [0.05, 0.1) is 5.01 Å². The zero-order valence-electron chi connectivity index (χ0n) is 12.2. The Bertz CT molecular complexity index is 366. The van der Waals surface area contributed by atoms with E-state index in [-0.39, 0.29) is 17.4 Å². The molecule has 1 aromatic rings. The number of hydrogen-bond acceptors (Lipinski definition) is 4. The molecule has 3 nitrogen and oxygen atoms in total. The number of aliphatic hydroxyl groups is 1. The largest absolute Gasteiger partial charge is 0.396 e. The first-order chi connectivity index (χ1) is 8.24. The first-order valence-corrected chi connectivity index (χ1v) is 7.33. The predicted molar refractivity (Wildman–Crippen MR) is 78.0 cm³/mol. The summed E-state index contributed by atoms with van der Waals surface area (Å²) in [4.78, 5) is 5.75. The molecule has 0 unspecified atom stereocenters. The van der Waals surface area contributed by atoms with Crippen molar-refractivity contribution in [2.45, 2.75) is 53.0 Å². The summed E-state index contributed by atoms with van der Waals surface area (Å²) in [6, 6.07) is 0. The predicted octanol–water partition coefficient (Wildman–Crippen LogP) is 2.94. The molecule has 0 amide bonds. The molecule has 0 atom stereocenters. The van der Waals surface area contributed by atoms with E-state index in [9.17, 15) is 0 Å². The minimum atomic E-state index is 0.138. The lowest BCUT2D eigenvalue weighted by Crippen LogP contribution is -2.29. The van der Waals surface area contributed by atoms with E-state index in [1.165, 1.54) is 9.88 Å². The van der Waals surface area contributed by atoms with Gasteiger partial charge in [-0.05, 0) is 11.8 Å². The molecule has 0 aliphatic carbocycles. The van der Waals surface area contributed by atoms with Crippen molar-refractivity contribution in [3.05, 3.63) is 16.1 Å². The fourth-order valence-electron chi connectivity index (χ4n) is 1.65. The Morgan fingerprint density at radius 2 is 1.94 bits per heavy atom. The highest BCUT2D eigenvalue weighted by Gasteiger charge is 2.19. The van der Waals surface area contributed by atoms with Gasteiger partial charge in [-0.3, -0.25) is 0 Å². The van der Waals surface area contributed by atoms with Crippen molar-refractivity contribution in [2.24, 2.45) is 5.41 Å². The van der Waals surface area contributed by atoms with Crippen LogP contribution in [0, 0.1) is 5.41 Å². The minimum absolute atomic E-state index is 0.138. The van der Waals surface area contributed by atoms with Crippen LogP contribution in [0.25, 0.3) is 0 Å². The van der Waals surface area contributed by atoms with Gasteiger partial charge in [0.2, 0.25) is 0 Å². The highest BCUT2D eigenvalue weighted by Crippen LogP contribution is 2.26. The smallest absolute Gasteiger partial charge is 0.0981 e. The van der Waals surface area contributed by atoms with E-state index in [0.717, 1.165) is 19.5 Å². The summed E-state index contributed by atoms with van der Waals surface area (Å²) in [6.07, 6.45) is 2.80. The normalized spacial score (nSPS) is 13.0. The third kappa shape index (κ3) is 5.04. The van der Waals surface area contributed by atoms with Crippen LogP contribution in [0.5, 0.6) is 0 Å². The van der Waals surface area contributed by atoms with Gasteiger partial charge in [0.1, 0.15) is 0 Å². The summed E-state index contributed by atoms with van der Waals surface area (Å²) < 4.78 is 0. The van der Waals surface area contributed by atoms with Gasteiger partial charge < -0.3 is 10.4 Å². The molecule has 0 bridgehead atoms. The third-order valence-corrected chi connectivity index (χ3v) is 4.31. The molecule has 0 radical (unpaired) electrons. The molecule has 0 fully saturated rings. The first kappa shape index (κ1) is 15.6. The van der Waals surface area contributed by atoms with Gasteiger partial charge in [-0.15, -0.1) is 11.3 Å². The molecule has 0 aliphatic rings. The number of thiazole rings is 1. The van der Waals surface area contributed by atoms with E-state index in [1.807, 2.05) is 6.20 Å². The lowest BCUT2D eigenvalue weighted by Gasteiger charge is -2.23. The molecule has 1 rings (SSSR count). The van der Waals surface area contributed by atoms with Gasteiger partial charge >= 0.3 is 0 Å². The van der Waals surface area contributed by atoms with Crippen molar-refractivity contribution in [3.63, 3.8) is 0 Å². The van der Waals surface area contributed by atoms with Crippen LogP contribution >= 0.6 is 11.3 Å². The average molecular weight is 270 g/mol. The monoisotopic (exact) mass is 270 g/mol. The zero-order chi connectivity index (χ0) is 13.8. The maximum Gasteiger partial charge on any atom is 0.0981 e.